The van der Waals surface area contributed by atoms with Gasteiger partial charge in [0.1, 0.15) is 5.75 Å². The topological polar surface area (TPSA) is 106 Å². The lowest BCUT2D eigenvalue weighted by Gasteiger charge is -2.16. The van der Waals surface area contributed by atoms with E-state index in [0.29, 0.717) is 27.8 Å². The van der Waals surface area contributed by atoms with E-state index in [9.17, 15) is 9.59 Å². The fraction of sp³-hybridized carbons (Fsp3) is 0.154. The number of nitrogens with zero attached hydrogens (tertiary/aromatic N) is 3. The van der Waals surface area contributed by atoms with E-state index in [4.69, 9.17) is 16.3 Å². The Morgan fingerprint density at radius 3 is 2.49 bits per heavy atom. The highest BCUT2D eigenvalue weighted by Gasteiger charge is 2.31. The summed E-state index contributed by atoms with van der Waals surface area (Å²) in [6.45, 7) is 3.72. The van der Waals surface area contributed by atoms with Crippen molar-refractivity contribution in [2.24, 2.45) is 0 Å². The minimum atomic E-state index is -0.801. The van der Waals surface area contributed by atoms with Gasteiger partial charge in [0.25, 0.3) is 5.56 Å². The summed E-state index contributed by atoms with van der Waals surface area (Å²) < 4.78 is 6.72. The molecule has 0 saturated heterocycles. The highest BCUT2D eigenvalue weighted by Crippen LogP contribution is 2.37. The maximum atomic E-state index is 14.0. The molecule has 0 aliphatic rings. The number of benzene rings is 2. The van der Waals surface area contributed by atoms with Crippen LogP contribution in [0.25, 0.3) is 16.7 Å². The summed E-state index contributed by atoms with van der Waals surface area (Å²) in [6, 6.07) is 17.3. The molecule has 0 aliphatic carbocycles. The summed E-state index contributed by atoms with van der Waals surface area (Å²) in [5.74, 6) is 0.0135. The molecule has 9 heteroatoms. The lowest BCUT2D eigenvalue weighted by atomic mass is 9.86. The molecule has 2 N–H and O–H groups in total. The van der Waals surface area contributed by atoms with Gasteiger partial charge in [-0.1, -0.05) is 11.6 Å². The van der Waals surface area contributed by atoms with Crippen LogP contribution >= 0.6 is 11.6 Å². The maximum Gasteiger partial charge on any atom is 0.272 e. The molecule has 5 aromatic rings. The zero-order chi connectivity index (χ0) is 24.7. The van der Waals surface area contributed by atoms with Crippen molar-refractivity contribution in [1.82, 2.24) is 25.0 Å². The number of hydrogen-bond acceptors (Lipinski definition) is 5. The highest BCUT2D eigenvalue weighted by molar-refractivity contribution is 6.30. The van der Waals surface area contributed by atoms with Gasteiger partial charge in [-0.2, -0.15) is 9.78 Å². The molecule has 0 radical (unpaired) electrons. The maximum absolute atomic E-state index is 14.0. The van der Waals surface area contributed by atoms with Crippen LogP contribution in [0, 0.1) is 13.8 Å². The summed E-state index contributed by atoms with van der Waals surface area (Å²) in [5, 5.41) is 12.6. The number of rotatable bonds is 6. The Kier molecular flexibility index (Phi) is 5.74. The number of Topliss-reactive ketones (excluding diaryl/α,β-unsaturated/α-hetero) is 1. The summed E-state index contributed by atoms with van der Waals surface area (Å²) >= 11 is 6.06. The van der Waals surface area contributed by atoms with Crippen LogP contribution < -0.4 is 10.3 Å². The first-order valence-corrected chi connectivity index (χ1v) is 11.3. The predicted molar refractivity (Wildman–Crippen MR) is 134 cm³/mol. The average molecular weight is 488 g/mol. The summed E-state index contributed by atoms with van der Waals surface area (Å²) in [5.41, 5.74) is 3.71. The number of ketones is 1. The molecule has 1 atom stereocenters. The first kappa shape index (κ1) is 22.6. The van der Waals surface area contributed by atoms with Gasteiger partial charge < -0.3 is 9.72 Å². The van der Waals surface area contributed by atoms with Crippen LogP contribution in [0.2, 0.25) is 5.02 Å². The fourth-order valence-electron chi connectivity index (χ4n) is 4.28. The third kappa shape index (κ3) is 4.13. The number of nitrogens with one attached hydrogen (secondary N) is 2. The van der Waals surface area contributed by atoms with Crippen molar-refractivity contribution in [3.05, 3.63) is 104 Å². The van der Waals surface area contributed by atoms with Crippen LogP contribution in [0.15, 0.2) is 65.5 Å². The number of hydrogen-bond donors (Lipinski definition) is 2. The lowest BCUT2D eigenvalue weighted by Crippen LogP contribution is -2.17. The normalized spacial score (nSPS) is 12.1. The Bertz CT molecular complexity index is 1600. The molecule has 35 heavy (non-hydrogen) atoms. The van der Waals surface area contributed by atoms with Crippen molar-refractivity contribution in [3.8, 4) is 11.6 Å². The summed E-state index contributed by atoms with van der Waals surface area (Å²) in [6.07, 6.45) is 0. The SMILES string of the molecule is COc1ccc2[nH]c(C)c(C(C(=O)c3ccc(Cl)cc3)c3cc(=O)n(-c4ccc(C)nn4)[nH]3)c2c1. The number of aryl methyl sites for hydroxylation is 2. The van der Waals surface area contributed by atoms with Crippen LogP contribution in [0.3, 0.4) is 0 Å². The van der Waals surface area contributed by atoms with Crippen molar-refractivity contribution in [2.75, 3.05) is 7.11 Å². The van der Waals surface area contributed by atoms with E-state index in [1.807, 2.05) is 32.0 Å². The van der Waals surface area contributed by atoms with E-state index in [1.54, 1.807) is 43.5 Å². The van der Waals surface area contributed by atoms with Gasteiger partial charge in [0, 0.05) is 33.2 Å². The van der Waals surface area contributed by atoms with Crippen molar-refractivity contribution in [1.29, 1.82) is 0 Å². The largest absolute Gasteiger partial charge is 0.497 e. The molecule has 0 amide bonds. The van der Waals surface area contributed by atoms with Crippen molar-refractivity contribution >= 4 is 28.3 Å². The Hall–Kier alpha value is -4.17. The third-order valence-electron chi connectivity index (χ3n) is 5.99. The predicted octanol–water partition coefficient (Wildman–Crippen LogP) is 4.73. The van der Waals surface area contributed by atoms with Crippen LogP contribution in [0.1, 0.15) is 38.9 Å². The number of methoxy groups -OCH3 is 1. The fourth-order valence-corrected chi connectivity index (χ4v) is 4.40. The van der Waals surface area contributed by atoms with Crippen LogP contribution in [-0.4, -0.2) is 37.9 Å². The number of H-pyrrole nitrogens is 2. The van der Waals surface area contributed by atoms with Crippen LogP contribution in [0.4, 0.5) is 0 Å². The number of fused-ring (bicyclic) bond motifs is 1. The second kappa shape index (κ2) is 8.88. The molecule has 176 valence electrons. The van der Waals surface area contributed by atoms with Gasteiger partial charge in [0.2, 0.25) is 0 Å². The van der Waals surface area contributed by atoms with Gasteiger partial charge >= 0.3 is 0 Å². The standard InChI is InChI=1S/C26H22ClN5O3/c1-14-4-11-22(30-29-14)32-23(33)13-21(31-32)25(26(34)16-5-7-17(27)8-6-16)24-15(2)28-20-10-9-18(35-3)12-19(20)24/h4-13,25,28,31H,1-3H3. The molecule has 1 unspecified atom stereocenters. The number of carbonyl (C=O) groups excluding carboxylic acids is 1. The third-order valence-corrected chi connectivity index (χ3v) is 6.24. The van der Waals surface area contributed by atoms with Crippen molar-refractivity contribution < 1.29 is 9.53 Å². The minimum Gasteiger partial charge on any atom is -0.497 e. The number of ether oxygens (including phenoxy) is 1. The summed E-state index contributed by atoms with van der Waals surface area (Å²) in [4.78, 5) is 30.3. The van der Waals surface area contributed by atoms with E-state index in [2.05, 4.69) is 20.3 Å². The Morgan fingerprint density at radius 2 is 1.80 bits per heavy atom. The van der Waals surface area contributed by atoms with E-state index in [0.717, 1.165) is 27.9 Å². The monoisotopic (exact) mass is 487 g/mol. The second-order valence-electron chi connectivity index (χ2n) is 8.30. The van der Waals surface area contributed by atoms with E-state index in [1.165, 1.54) is 10.7 Å². The van der Waals surface area contributed by atoms with Gasteiger partial charge in [0.05, 0.1) is 24.4 Å². The molecule has 3 heterocycles. The molecular formula is C26H22ClN5O3. The molecular weight excluding hydrogens is 466 g/mol. The van der Waals surface area contributed by atoms with Gasteiger partial charge in [-0.25, -0.2) is 0 Å². The first-order valence-electron chi connectivity index (χ1n) is 10.9. The molecule has 3 aromatic heterocycles. The Balaban J connectivity index is 1.73. The summed E-state index contributed by atoms with van der Waals surface area (Å²) in [7, 11) is 1.59. The molecule has 0 fully saturated rings. The molecule has 0 saturated carbocycles. The molecule has 2 aromatic carbocycles. The minimum absolute atomic E-state index is 0.183. The van der Waals surface area contributed by atoms with E-state index in [-0.39, 0.29) is 11.3 Å². The molecule has 0 spiro atoms. The zero-order valence-corrected chi connectivity index (χ0v) is 20.1. The lowest BCUT2D eigenvalue weighted by molar-refractivity contribution is 0.0972. The first-order chi connectivity index (χ1) is 16.9. The van der Waals surface area contributed by atoms with Crippen LogP contribution in [-0.2, 0) is 0 Å². The molecule has 0 bridgehead atoms. The number of halogens is 1. The number of carbonyl (C=O) groups is 1. The smallest absolute Gasteiger partial charge is 0.272 e. The molecule has 8 nitrogen and oxygen atoms in total. The average Bonchev–Trinajstić information content (AvgIpc) is 3.39. The van der Waals surface area contributed by atoms with Gasteiger partial charge in [-0.15, -0.1) is 5.10 Å². The molecule has 0 aliphatic heterocycles. The van der Waals surface area contributed by atoms with Gasteiger partial charge in [-0.05, 0) is 74.0 Å². The van der Waals surface area contributed by atoms with E-state index >= 15 is 0 Å². The van der Waals surface area contributed by atoms with Gasteiger partial charge in [-0.3, -0.25) is 14.7 Å². The Morgan fingerprint density at radius 1 is 1.03 bits per heavy atom. The molecule has 5 rings (SSSR count). The van der Waals surface area contributed by atoms with Crippen LogP contribution in [0.5, 0.6) is 5.75 Å². The van der Waals surface area contributed by atoms with Gasteiger partial charge in [0.15, 0.2) is 11.6 Å². The quantitative estimate of drug-likeness (QED) is 0.337. The van der Waals surface area contributed by atoms with E-state index < -0.39 is 5.92 Å². The second-order valence-corrected chi connectivity index (χ2v) is 8.73. The zero-order valence-electron chi connectivity index (χ0n) is 19.3. The number of aromatic amines is 2. The van der Waals surface area contributed by atoms with Crippen molar-refractivity contribution in [2.45, 2.75) is 19.8 Å². The Labute approximate surface area is 205 Å². The van der Waals surface area contributed by atoms with Crippen molar-refractivity contribution in [3.63, 3.8) is 0 Å². The highest BCUT2D eigenvalue weighted by atomic mass is 35.5. The number of aromatic nitrogens is 5.